The van der Waals surface area contributed by atoms with Crippen molar-refractivity contribution in [1.29, 1.82) is 0 Å². The fourth-order valence-electron chi connectivity index (χ4n) is 5.11. The van der Waals surface area contributed by atoms with Gasteiger partial charge in [0, 0.05) is 20.3 Å². The Bertz CT molecular complexity index is 1920. The Hall–Kier alpha value is -3.83. The van der Waals surface area contributed by atoms with Crippen molar-refractivity contribution in [2.45, 2.75) is 17.7 Å². The van der Waals surface area contributed by atoms with E-state index in [2.05, 4.69) is 9.39 Å². The van der Waals surface area contributed by atoms with Gasteiger partial charge in [-0.2, -0.15) is 4.40 Å². The number of fused-ring (bicyclic) bond motifs is 5. The van der Waals surface area contributed by atoms with E-state index in [1.165, 1.54) is 23.5 Å². The first-order chi connectivity index (χ1) is 18.8. The summed E-state index contributed by atoms with van der Waals surface area (Å²) >= 11 is 4.46. The van der Waals surface area contributed by atoms with Gasteiger partial charge in [-0.15, -0.1) is 0 Å². The Kier molecular flexibility index (Phi) is 5.50. The third-order valence-corrected chi connectivity index (χ3v) is 10.4. The molecule has 2 atom stereocenters. The lowest BCUT2D eigenvalue weighted by Gasteiger charge is -2.35. The number of amidine groups is 1. The van der Waals surface area contributed by atoms with Gasteiger partial charge in [-0.05, 0) is 47.5 Å². The SMILES string of the molecule is Cc1ccc(S(=O)(=O)N2N3C=NC4=C(C3=NS2=O)C(c2ccccc2Cl)c2c(ccc3ccccc23)O4)cc1. The molecule has 0 N–H and O–H groups in total. The molecule has 0 aliphatic carbocycles. The van der Waals surface area contributed by atoms with Gasteiger partial charge in [0.25, 0.3) is 21.2 Å². The van der Waals surface area contributed by atoms with Crippen LogP contribution in [0, 0.1) is 6.92 Å². The van der Waals surface area contributed by atoms with E-state index in [-0.39, 0.29) is 16.6 Å². The van der Waals surface area contributed by atoms with E-state index in [1.807, 2.05) is 61.5 Å². The van der Waals surface area contributed by atoms with Gasteiger partial charge in [0.2, 0.25) is 5.88 Å². The van der Waals surface area contributed by atoms with E-state index in [0.717, 1.165) is 31.3 Å². The standard InChI is InChI=1S/C28H19ClN4O4S2/c1-17-10-13-19(14-11-17)39(35,36)33-32-16-30-28-26(27(32)31-38(33)34)25(21-8-4-5-9-22(21)29)24-20-7-3-2-6-18(20)12-15-23(24)37-28/h2-16,25H,1H3. The summed E-state index contributed by atoms with van der Waals surface area (Å²) in [6.45, 7) is 1.86. The van der Waals surface area contributed by atoms with Crippen LogP contribution < -0.4 is 4.74 Å². The van der Waals surface area contributed by atoms with Gasteiger partial charge in [0.15, 0.2) is 5.84 Å². The number of halogens is 1. The molecule has 0 bridgehead atoms. The maximum Gasteiger partial charge on any atom is 0.273 e. The van der Waals surface area contributed by atoms with E-state index in [9.17, 15) is 12.6 Å². The predicted octanol–water partition coefficient (Wildman–Crippen LogP) is 5.48. The van der Waals surface area contributed by atoms with Crippen LogP contribution in [0.2, 0.25) is 5.02 Å². The van der Waals surface area contributed by atoms with Crippen molar-refractivity contribution < 1.29 is 17.4 Å². The van der Waals surface area contributed by atoms with Crippen molar-refractivity contribution in [1.82, 2.24) is 8.83 Å². The molecule has 0 saturated heterocycles. The summed E-state index contributed by atoms with van der Waals surface area (Å²) in [4.78, 5) is 4.47. The van der Waals surface area contributed by atoms with Crippen LogP contribution in [0.25, 0.3) is 10.8 Å². The van der Waals surface area contributed by atoms with E-state index in [4.69, 9.17) is 16.3 Å². The number of hydrazine groups is 1. The minimum Gasteiger partial charge on any atom is -0.438 e. The molecule has 7 rings (SSSR count). The molecular formula is C28H19ClN4O4S2. The molecule has 3 heterocycles. The minimum atomic E-state index is -4.23. The molecule has 0 radical (unpaired) electrons. The van der Waals surface area contributed by atoms with Crippen LogP contribution in [0.3, 0.4) is 0 Å². The number of hydrogen-bond acceptors (Lipinski definition) is 6. The second-order valence-corrected chi connectivity index (χ2v) is 12.6. The number of hydrogen-bond donors (Lipinski definition) is 0. The maximum atomic E-state index is 13.6. The number of rotatable bonds is 3. The van der Waals surface area contributed by atoms with Crippen LogP contribution in [0.15, 0.2) is 111 Å². The highest BCUT2D eigenvalue weighted by Crippen LogP contribution is 2.50. The first-order valence-corrected chi connectivity index (χ1v) is 14.9. The van der Waals surface area contributed by atoms with Crippen molar-refractivity contribution in [3.05, 3.63) is 118 Å². The lowest BCUT2D eigenvalue weighted by molar-refractivity contribution is 0.357. The molecule has 0 fully saturated rings. The average Bonchev–Trinajstić information content (AvgIpc) is 3.29. The highest BCUT2D eigenvalue weighted by atomic mass is 35.5. The normalized spacial score (nSPS) is 20.4. The highest BCUT2D eigenvalue weighted by Gasteiger charge is 2.49. The third kappa shape index (κ3) is 3.67. The summed E-state index contributed by atoms with van der Waals surface area (Å²) in [5.74, 6) is 0.481. The van der Waals surface area contributed by atoms with Gasteiger partial charge < -0.3 is 4.74 Å². The van der Waals surface area contributed by atoms with Crippen molar-refractivity contribution in [3.8, 4) is 5.75 Å². The van der Waals surface area contributed by atoms with Gasteiger partial charge in [0.05, 0.1) is 10.5 Å². The summed E-state index contributed by atoms with van der Waals surface area (Å²) in [7, 11) is -4.23. The number of benzene rings is 4. The molecule has 3 aliphatic rings. The van der Waals surface area contributed by atoms with Gasteiger partial charge in [-0.25, -0.2) is 22.6 Å². The van der Waals surface area contributed by atoms with Crippen LogP contribution in [-0.4, -0.2) is 33.6 Å². The number of ether oxygens (including phenoxy) is 1. The quantitative estimate of drug-likeness (QED) is 0.323. The molecule has 4 aromatic carbocycles. The first kappa shape index (κ1) is 24.2. The van der Waals surface area contributed by atoms with Crippen molar-refractivity contribution in [2.24, 2.45) is 9.39 Å². The highest BCUT2D eigenvalue weighted by molar-refractivity contribution is 8.01. The maximum absolute atomic E-state index is 13.6. The summed E-state index contributed by atoms with van der Waals surface area (Å²) in [6.07, 6.45) is 1.27. The Balaban J connectivity index is 1.43. The summed E-state index contributed by atoms with van der Waals surface area (Å²) in [5.41, 5.74) is 2.98. The Morgan fingerprint density at radius 1 is 0.949 bits per heavy atom. The van der Waals surface area contributed by atoms with Crippen LogP contribution >= 0.6 is 11.6 Å². The topological polar surface area (TPSA) is 91.6 Å². The number of aryl methyl sites for hydroxylation is 1. The lowest BCUT2D eigenvalue weighted by Crippen LogP contribution is -2.47. The third-order valence-electron chi connectivity index (χ3n) is 6.90. The molecule has 39 heavy (non-hydrogen) atoms. The molecular weight excluding hydrogens is 556 g/mol. The molecule has 194 valence electrons. The molecule has 0 spiro atoms. The van der Waals surface area contributed by atoms with Gasteiger partial charge in [-0.1, -0.05) is 77.8 Å². The van der Waals surface area contributed by atoms with Crippen molar-refractivity contribution in [2.75, 3.05) is 0 Å². The molecule has 11 heteroatoms. The second-order valence-electron chi connectivity index (χ2n) is 9.23. The number of sulfonamides is 1. The largest absolute Gasteiger partial charge is 0.438 e. The molecule has 0 aromatic heterocycles. The van der Waals surface area contributed by atoms with E-state index >= 15 is 0 Å². The van der Waals surface area contributed by atoms with E-state index in [1.54, 1.807) is 18.2 Å². The molecule has 0 saturated carbocycles. The first-order valence-electron chi connectivity index (χ1n) is 12.0. The van der Waals surface area contributed by atoms with E-state index < -0.39 is 27.1 Å². The molecule has 8 nitrogen and oxygen atoms in total. The van der Waals surface area contributed by atoms with Gasteiger partial charge in [-0.3, -0.25) is 0 Å². The predicted molar refractivity (Wildman–Crippen MR) is 151 cm³/mol. The van der Waals surface area contributed by atoms with Crippen LogP contribution in [-0.2, 0) is 21.2 Å². The average molecular weight is 575 g/mol. The monoisotopic (exact) mass is 574 g/mol. The molecule has 2 unspecified atom stereocenters. The molecule has 0 amide bonds. The lowest BCUT2D eigenvalue weighted by atomic mass is 9.80. The second kappa shape index (κ2) is 8.85. The molecule has 4 aromatic rings. The number of nitrogens with zero attached hydrogens (tertiary/aromatic N) is 4. The smallest absolute Gasteiger partial charge is 0.273 e. The molecule has 3 aliphatic heterocycles. The zero-order valence-electron chi connectivity index (χ0n) is 20.4. The fraction of sp³-hybridized carbons (Fsp3) is 0.0714. The fourth-order valence-corrected chi connectivity index (χ4v) is 8.07. The van der Waals surface area contributed by atoms with Crippen LogP contribution in [0.1, 0.15) is 22.6 Å². The minimum absolute atomic E-state index is 0.00929. The van der Waals surface area contributed by atoms with Gasteiger partial charge >= 0.3 is 0 Å². The van der Waals surface area contributed by atoms with Crippen molar-refractivity contribution >= 4 is 55.7 Å². The zero-order chi connectivity index (χ0) is 26.9. The zero-order valence-corrected chi connectivity index (χ0v) is 22.7. The summed E-state index contributed by atoms with van der Waals surface area (Å²) < 4.78 is 52.0. The van der Waals surface area contributed by atoms with Crippen LogP contribution in [0.4, 0.5) is 0 Å². The van der Waals surface area contributed by atoms with Crippen LogP contribution in [0.5, 0.6) is 5.75 Å². The van der Waals surface area contributed by atoms with E-state index in [0.29, 0.717) is 16.3 Å². The summed E-state index contributed by atoms with van der Waals surface area (Å²) in [5, 5.41) is 3.67. The summed E-state index contributed by atoms with van der Waals surface area (Å²) in [6, 6.07) is 25.5. The van der Waals surface area contributed by atoms with Gasteiger partial charge in [0.1, 0.15) is 12.1 Å². The Morgan fingerprint density at radius 3 is 2.49 bits per heavy atom. The Morgan fingerprint density at radius 2 is 1.69 bits per heavy atom. The van der Waals surface area contributed by atoms with Crippen molar-refractivity contribution in [3.63, 3.8) is 0 Å². The Labute approximate surface area is 232 Å². The number of aliphatic imine (C=N–C) groups is 1.